The molecule has 90 valence electrons. The average Bonchev–Trinajstić information content (AvgIpc) is 2.70. The van der Waals surface area contributed by atoms with Crippen LogP contribution in [0.4, 0.5) is 0 Å². The van der Waals surface area contributed by atoms with Gasteiger partial charge in [0.1, 0.15) is 5.69 Å². The zero-order valence-corrected chi connectivity index (χ0v) is 10.2. The number of carbonyl (C=O) groups is 1. The predicted octanol–water partition coefficient (Wildman–Crippen LogP) is 0.265. The maximum Gasteiger partial charge on any atom is 0.271 e. The fraction of sp³-hybridized carbons (Fsp3) is 0.600. The van der Waals surface area contributed by atoms with Crippen molar-refractivity contribution >= 4 is 17.7 Å². The summed E-state index contributed by atoms with van der Waals surface area (Å²) in [7, 11) is 1.83. The Morgan fingerprint density at radius 1 is 1.62 bits per heavy atom. The van der Waals surface area contributed by atoms with E-state index in [-0.39, 0.29) is 12.5 Å². The van der Waals surface area contributed by atoms with Crippen LogP contribution < -0.4 is 5.32 Å². The molecule has 0 bridgehead atoms. The number of nitrogens with zero attached hydrogens (tertiary/aromatic N) is 2. The van der Waals surface area contributed by atoms with E-state index in [4.69, 9.17) is 5.11 Å². The van der Waals surface area contributed by atoms with E-state index >= 15 is 0 Å². The fourth-order valence-electron chi connectivity index (χ4n) is 1.13. The molecule has 0 unspecified atom stereocenters. The summed E-state index contributed by atoms with van der Waals surface area (Å²) < 4.78 is 1.74. The predicted molar refractivity (Wildman–Crippen MR) is 64.6 cm³/mol. The first-order valence-electron chi connectivity index (χ1n) is 5.19. The quantitative estimate of drug-likeness (QED) is 0.674. The summed E-state index contributed by atoms with van der Waals surface area (Å²) in [6.45, 7) is 0.860. The van der Waals surface area contributed by atoms with E-state index in [2.05, 4.69) is 10.3 Å². The van der Waals surface area contributed by atoms with Crippen LogP contribution in [0.15, 0.2) is 12.5 Å². The van der Waals surface area contributed by atoms with Gasteiger partial charge in [0, 0.05) is 32.1 Å². The Morgan fingerprint density at radius 2 is 2.44 bits per heavy atom. The molecule has 1 heterocycles. The molecule has 0 saturated carbocycles. The third-order valence-corrected chi connectivity index (χ3v) is 2.99. The molecule has 6 heteroatoms. The van der Waals surface area contributed by atoms with E-state index in [9.17, 15) is 4.79 Å². The van der Waals surface area contributed by atoms with Crippen LogP contribution in [0.2, 0.25) is 0 Å². The summed E-state index contributed by atoms with van der Waals surface area (Å²) in [4.78, 5) is 15.5. The smallest absolute Gasteiger partial charge is 0.271 e. The first kappa shape index (κ1) is 13.1. The molecule has 1 aromatic heterocycles. The lowest BCUT2D eigenvalue weighted by atomic mass is 10.4. The van der Waals surface area contributed by atoms with Crippen LogP contribution >= 0.6 is 11.8 Å². The molecule has 0 saturated heterocycles. The lowest BCUT2D eigenvalue weighted by molar-refractivity contribution is 0.0951. The van der Waals surface area contributed by atoms with Crippen LogP contribution in [0.25, 0.3) is 0 Å². The minimum Gasteiger partial charge on any atom is -0.396 e. The highest BCUT2D eigenvalue weighted by Crippen LogP contribution is 2.00. The van der Waals surface area contributed by atoms with Gasteiger partial charge in [-0.15, -0.1) is 0 Å². The number of aliphatic hydroxyl groups is 1. The number of hydrogen-bond donors (Lipinski definition) is 2. The lowest BCUT2D eigenvalue weighted by Gasteiger charge is -2.02. The number of imidazole rings is 1. The number of carbonyl (C=O) groups excluding carboxylic acids is 1. The second kappa shape index (κ2) is 7.29. The summed E-state index contributed by atoms with van der Waals surface area (Å²) in [5, 5.41) is 11.4. The van der Waals surface area contributed by atoms with E-state index in [1.165, 1.54) is 0 Å². The number of thioether (sulfide) groups is 1. The summed E-state index contributed by atoms with van der Waals surface area (Å²) in [6, 6.07) is 0. The maximum absolute atomic E-state index is 11.5. The topological polar surface area (TPSA) is 67.2 Å². The van der Waals surface area contributed by atoms with Crippen molar-refractivity contribution in [2.75, 3.05) is 24.7 Å². The molecule has 1 rings (SSSR count). The van der Waals surface area contributed by atoms with Crippen molar-refractivity contribution < 1.29 is 9.90 Å². The number of aliphatic hydroxyl groups excluding tert-OH is 1. The molecule has 0 radical (unpaired) electrons. The van der Waals surface area contributed by atoms with E-state index in [0.29, 0.717) is 12.2 Å². The number of aromatic nitrogens is 2. The van der Waals surface area contributed by atoms with Gasteiger partial charge >= 0.3 is 0 Å². The number of hydrogen-bond acceptors (Lipinski definition) is 4. The summed E-state index contributed by atoms with van der Waals surface area (Å²) >= 11 is 1.72. The molecule has 0 aromatic carbocycles. The van der Waals surface area contributed by atoms with Gasteiger partial charge < -0.3 is 15.0 Å². The Morgan fingerprint density at radius 3 is 3.06 bits per heavy atom. The molecule has 0 aliphatic rings. The molecule has 2 N–H and O–H groups in total. The SMILES string of the molecule is Cn1cnc(C(=O)NCCSCCCO)c1. The van der Waals surface area contributed by atoms with Gasteiger partial charge in [-0.05, 0) is 12.2 Å². The van der Waals surface area contributed by atoms with Crippen molar-refractivity contribution in [2.24, 2.45) is 7.05 Å². The highest BCUT2D eigenvalue weighted by molar-refractivity contribution is 7.99. The first-order chi connectivity index (χ1) is 7.74. The largest absolute Gasteiger partial charge is 0.396 e. The minimum absolute atomic E-state index is 0.136. The molecular formula is C10H17N3O2S. The molecule has 0 aliphatic carbocycles. The van der Waals surface area contributed by atoms with Gasteiger partial charge in [0.05, 0.1) is 6.33 Å². The van der Waals surface area contributed by atoms with E-state index < -0.39 is 0 Å². The molecule has 0 atom stereocenters. The van der Waals surface area contributed by atoms with Crippen LogP contribution in [0.3, 0.4) is 0 Å². The van der Waals surface area contributed by atoms with Gasteiger partial charge in [-0.2, -0.15) is 11.8 Å². The zero-order chi connectivity index (χ0) is 11.8. The molecule has 0 spiro atoms. The molecular weight excluding hydrogens is 226 g/mol. The second-order valence-corrected chi connectivity index (χ2v) is 4.59. The lowest BCUT2D eigenvalue weighted by Crippen LogP contribution is -2.26. The average molecular weight is 243 g/mol. The third-order valence-electron chi connectivity index (χ3n) is 1.92. The summed E-state index contributed by atoms with van der Waals surface area (Å²) in [5.41, 5.74) is 0.447. The minimum atomic E-state index is -0.136. The maximum atomic E-state index is 11.5. The van der Waals surface area contributed by atoms with Crippen LogP contribution in [0, 0.1) is 0 Å². The highest BCUT2D eigenvalue weighted by Gasteiger charge is 2.06. The van der Waals surface area contributed by atoms with Gasteiger partial charge in [-0.3, -0.25) is 4.79 Å². The van der Waals surface area contributed by atoms with E-state index in [1.54, 1.807) is 28.9 Å². The molecule has 0 aliphatic heterocycles. The molecule has 5 nitrogen and oxygen atoms in total. The van der Waals surface area contributed by atoms with Gasteiger partial charge in [0.2, 0.25) is 0 Å². The number of amides is 1. The van der Waals surface area contributed by atoms with Crippen molar-refractivity contribution in [3.05, 3.63) is 18.2 Å². The second-order valence-electron chi connectivity index (χ2n) is 3.37. The van der Waals surface area contributed by atoms with Crippen molar-refractivity contribution in [2.45, 2.75) is 6.42 Å². The number of aryl methyl sites for hydroxylation is 1. The molecule has 1 aromatic rings. The van der Waals surface area contributed by atoms with Crippen LogP contribution in [-0.2, 0) is 7.05 Å². The van der Waals surface area contributed by atoms with Crippen molar-refractivity contribution in [1.82, 2.24) is 14.9 Å². The van der Waals surface area contributed by atoms with Crippen molar-refractivity contribution in [1.29, 1.82) is 0 Å². The normalized spacial score (nSPS) is 10.4. The van der Waals surface area contributed by atoms with Gasteiger partial charge in [0.25, 0.3) is 5.91 Å². The van der Waals surface area contributed by atoms with Crippen LogP contribution in [0.5, 0.6) is 0 Å². The van der Waals surface area contributed by atoms with E-state index in [1.807, 2.05) is 7.05 Å². The number of nitrogens with one attached hydrogen (secondary N) is 1. The summed E-state index contributed by atoms with van der Waals surface area (Å²) in [6.07, 6.45) is 4.10. The third kappa shape index (κ3) is 4.67. The van der Waals surface area contributed by atoms with Crippen LogP contribution in [0.1, 0.15) is 16.9 Å². The monoisotopic (exact) mass is 243 g/mol. The Kier molecular flexibility index (Phi) is 5.95. The van der Waals surface area contributed by atoms with Gasteiger partial charge in [-0.25, -0.2) is 4.98 Å². The van der Waals surface area contributed by atoms with Crippen molar-refractivity contribution in [3.8, 4) is 0 Å². The van der Waals surface area contributed by atoms with Gasteiger partial charge in [-0.1, -0.05) is 0 Å². The highest BCUT2D eigenvalue weighted by atomic mass is 32.2. The molecule has 1 amide bonds. The van der Waals surface area contributed by atoms with Crippen molar-refractivity contribution in [3.63, 3.8) is 0 Å². The first-order valence-corrected chi connectivity index (χ1v) is 6.34. The standard InChI is InChI=1S/C10H17N3O2S/c1-13-7-9(12-8-13)10(15)11-3-6-16-5-2-4-14/h7-8,14H,2-6H2,1H3,(H,11,15). The Bertz CT molecular complexity index is 328. The Balaban J connectivity index is 2.11. The Labute approximate surface area is 99.3 Å². The number of rotatable bonds is 7. The fourth-order valence-corrected chi connectivity index (χ4v) is 1.91. The summed E-state index contributed by atoms with van der Waals surface area (Å²) in [5.74, 6) is 1.65. The molecule has 0 fully saturated rings. The van der Waals surface area contributed by atoms with E-state index in [0.717, 1.165) is 17.9 Å². The Hall–Kier alpha value is -1.01. The zero-order valence-electron chi connectivity index (χ0n) is 9.35. The van der Waals surface area contributed by atoms with Gasteiger partial charge in [0.15, 0.2) is 0 Å². The molecule has 16 heavy (non-hydrogen) atoms. The van der Waals surface area contributed by atoms with Crippen LogP contribution in [-0.4, -0.2) is 45.2 Å².